The molecule has 2 rings (SSSR count). The predicted molar refractivity (Wildman–Crippen MR) is 88.8 cm³/mol. The minimum Gasteiger partial charge on any atom is -0.329 e. The smallest absolute Gasteiger partial charge is 0.0958 e. The Morgan fingerprint density at radius 1 is 1.29 bits per heavy atom. The van der Waals surface area contributed by atoms with Crippen molar-refractivity contribution in [1.29, 1.82) is 0 Å². The molecule has 0 aliphatic rings. The van der Waals surface area contributed by atoms with Gasteiger partial charge >= 0.3 is 0 Å². The molecule has 0 radical (unpaired) electrons. The molecule has 0 amide bonds. The average molecular weight is 288 g/mol. The third-order valence-corrected chi connectivity index (χ3v) is 4.34. The molecule has 0 saturated heterocycles. The minimum atomic E-state index is 0.296. The molecule has 0 bridgehead atoms. The molecule has 2 unspecified atom stereocenters. The molecule has 1 heterocycles. The normalized spacial score (nSPS) is 14.4. The SMILES string of the molecule is CCCCC(CC)CC(Cn1cnc2ccccc21)NN. The third kappa shape index (κ3) is 4.29. The Bertz CT molecular complexity index is 534. The maximum Gasteiger partial charge on any atom is 0.0958 e. The molecule has 3 N–H and O–H groups in total. The zero-order chi connectivity index (χ0) is 15.1. The number of hydrogen-bond donors (Lipinski definition) is 2. The van der Waals surface area contributed by atoms with Crippen LogP contribution in [0.15, 0.2) is 30.6 Å². The van der Waals surface area contributed by atoms with Crippen molar-refractivity contribution >= 4 is 11.0 Å². The van der Waals surface area contributed by atoms with E-state index in [1.54, 1.807) is 0 Å². The third-order valence-electron chi connectivity index (χ3n) is 4.34. The molecule has 0 aliphatic carbocycles. The first-order valence-electron chi connectivity index (χ1n) is 8.14. The Kier molecular flexibility index (Phi) is 6.21. The average Bonchev–Trinajstić information content (AvgIpc) is 2.93. The largest absolute Gasteiger partial charge is 0.329 e. The number of imidazole rings is 1. The Morgan fingerprint density at radius 2 is 2.10 bits per heavy atom. The number of hydrogen-bond acceptors (Lipinski definition) is 3. The first-order valence-corrected chi connectivity index (χ1v) is 8.14. The molecule has 1 aromatic heterocycles. The number of nitrogens with two attached hydrogens (primary N) is 1. The van der Waals surface area contributed by atoms with Gasteiger partial charge in [-0.3, -0.25) is 11.3 Å². The highest BCUT2D eigenvalue weighted by molar-refractivity contribution is 5.74. The lowest BCUT2D eigenvalue weighted by Crippen LogP contribution is -2.39. The van der Waals surface area contributed by atoms with E-state index in [2.05, 4.69) is 41.0 Å². The van der Waals surface area contributed by atoms with Crippen LogP contribution in [0.2, 0.25) is 0 Å². The van der Waals surface area contributed by atoms with Crippen LogP contribution in [0.25, 0.3) is 11.0 Å². The second-order valence-corrected chi connectivity index (χ2v) is 5.90. The summed E-state index contributed by atoms with van der Waals surface area (Å²) in [6.45, 7) is 5.41. The van der Waals surface area contributed by atoms with Crippen molar-refractivity contribution in [2.45, 2.75) is 58.5 Å². The minimum absolute atomic E-state index is 0.296. The van der Waals surface area contributed by atoms with Crippen LogP contribution in [-0.2, 0) is 6.54 Å². The molecular formula is C17H28N4. The predicted octanol–water partition coefficient (Wildman–Crippen LogP) is 3.47. The lowest BCUT2D eigenvalue weighted by molar-refractivity contribution is 0.329. The van der Waals surface area contributed by atoms with Crippen molar-refractivity contribution in [3.8, 4) is 0 Å². The van der Waals surface area contributed by atoms with Gasteiger partial charge in [0.1, 0.15) is 0 Å². The lowest BCUT2D eigenvalue weighted by atomic mass is 9.92. The molecule has 2 atom stereocenters. The highest BCUT2D eigenvalue weighted by atomic mass is 15.2. The highest BCUT2D eigenvalue weighted by Crippen LogP contribution is 2.20. The van der Waals surface area contributed by atoms with Gasteiger partial charge in [0.2, 0.25) is 0 Å². The van der Waals surface area contributed by atoms with Gasteiger partial charge in [0.25, 0.3) is 0 Å². The summed E-state index contributed by atoms with van der Waals surface area (Å²) in [6.07, 6.45) is 8.15. The van der Waals surface area contributed by atoms with Gasteiger partial charge in [-0.25, -0.2) is 4.98 Å². The zero-order valence-corrected chi connectivity index (χ0v) is 13.3. The van der Waals surface area contributed by atoms with Gasteiger partial charge in [0.05, 0.1) is 17.4 Å². The van der Waals surface area contributed by atoms with E-state index in [0.29, 0.717) is 6.04 Å². The Balaban J connectivity index is 2.01. The van der Waals surface area contributed by atoms with E-state index in [0.717, 1.165) is 24.4 Å². The summed E-state index contributed by atoms with van der Waals surface area (Å²) in [7, 11) is 0. The van der Waals surface area contributed by atoms with Gasteiger partial charge in [0, 0.05) is 12.6 Å². The fourth-order valence-electron chi connectivity index (χ4n) is 2.97. The summed E-state index contributed by atoms with van der Waals surface area (Å²) in [5.41, 5.74) is 5.23. The van der Waals surface area contributed by atoms with E-state index >= 15 is 0 Å². The zero-order valence-electron chi connectivity index (χ0n) is 13.3. The van der Waals surface area contributed by atoms with E-state index in [4.69, 9.17) is 5.84 Å². The summed E-state index contributed by atoms with van der Waals surface area (Å²) in [5, 5.41) is 0. The maximum absolute atomic E-state index is 5.78. The Morgan fingerprint density at radius 3 is 2.81 bits per heavy atom. The maximum atomic E-state index is 5.78. The van der Waals surface area contributed by atoms with E-state index in [9.17, 15) is 0 Å². The molecule has 4 nitrogen and oxygen atoms in total. The molecule has 116 valence electrons. The number of unbranched alkanes of at least 4 members (excludes halogenated alkanes) is 1. The van der Waals surface area contributed by atoms with Crippen molar-refractivity contribution in [3.63, 3.8) is 0 Å². The fourth-order valence-corrected chi connectivity index (χ4v) is 2.97. The summed E-state index contributed by atoms with van der Waals surface area (Å²) in [6, 6.07) is 8.54. The van der Waals surface area contributed by atoms with E-state index in [-0.39, 0.29) is 0 Å². The number of fused-ring (bicyclic) bond motifs is 1. The molecule has 0 spiro atoms. The van der Waals surface area contributed by atoms with Crippen LogP contribution in [0.5, 0.6) is 0 Å². The second-order valence-electron chi connectivity index (χ2n) is 5.90. The van der Waals surface area contributed by atoms with Crippen molar-refractivity contribution in [2.75, 3.05) is 0 Å². The number of nitrogens with one attached hydrogen (secondary N) is 1. The quantitative estimate of drug-likeness (QED) is 0.548. The highest BCUT2D eigenvalue weighted by Gasteiger charge is 2.15. The number of nitrogens with zero attached hydrogens (tertiary/aromatic N) is 2. The number of para-hydroxylation sites is 2. The van der Waals surface area contributed by atoms with Crippen LogP contribution in [0.3, 0.4) is 0 Å². The van der Waals surface area contributed by atoms with Gasteiger partial charge in [0.15, 0.2) is 0 Å². The van der Waals surface area contributed by atoms with Crippen molar-refractivity contribution in [2.24, 2.45) is 11.8 Å². The summed E-state index contributed by atoms with van der Waals surface area (Å²) >= 11 is 0. The van der Waals surface area contributed by atoms with Gasteiger partial charge in [-0.15, -0.1) is 0 Å². The summed E-state index contributed by atoms with van der Waals surface area (Å²) < 4.78 is 2.20. The van der Waals surface area contributed by atoms with Gasteiger partial charge in [-0.2, -0.15) is 0 Å². The molecule has 1 aromatic carbocycles. The molecule has 0 fully saturated rings. The van der Waals surface area contributed by atoms with Crippen LogP contribution in [-0.4, -0.2) is 15.6 Å². The van der Waals surface area contributed by atoms with Crippen LogP contribution in [0, 0.1) is 5.92 Å². The summed E-state index contributed by atoms with van der Waals surface area (Å²) in [4.78, 5) is 4.45. The van der Waals surface area contributed by atoms with Crippen molar-refractivity contribution in [1.82, 2.24) is 15.0 Å². The fraction of sp³-hybridized carbons (Fsp3) is 0.588. The van der Waals surface area contributed by atoms with Crippen molar-refractivity contribution in [3.05, 3.63) is 30.6 Å². The second kappa shape index (κ2) is 8.15. The summed E-state index contributed by atoms with van der Waals surface area (Å²) in [5.74, 6) is 6.53. The monoisotopic (exact) mass is 288 g/mol. The topological polar surface area (TPSA) is 55.9 Å². The van der Waals surface area contributed by atoms with Crippen LogP contribution in [0.1, 0.15) is 46.0 Å². The number of benzene rings is 1. The first-order chi connectivity index (χ1) is 10.3. The molecule has 0 aliphatic heterocycles. The van der Waals surface area contributed by atoms with Gasteiger partial charge in [-0.05, 0) is 24.5 Å². The Hall–Kier alpha value is -1.39. The van der Waals surface area contributed by atoms with Crippen molar-refractivity contribution < 1.29 is 0 Å². The number of hydrazine groups is 1. The van der Waals surface area contributed by atoms with E-state index < -0.39 is 0 Å². The number of aromatic nitrogens is 2. The number of rotatable bonds is 9. The van der Waals surface area contributed by atoms with Gasteiger partial charge in [-0.1, -0.05) is 51.7 Å². The molecule has 21 heavy (non-hydrogen) atoms. The first kappa shape index (κ1) is 16.0. The molecule has 0 saturated carbocycles. The van der Waals surface area contributed by atoms with Crippen LogP contribution < -0.4 is 11.3 Å². The van der Waals surface area contributed by atoms with Crippen LogP contribution >= 0.6 is 0 Å². The molecule has 2 aromatic rings. The standard InChI is InChI=1S/C17H28N4/c1-3-5-8-14(4-2)11-15(20-18)12-21-13-19-16-9-6-7-10-17(16)21/h6-7,9-10,13-15,20H,3-5,8,11-12,18H2,1-2H3. The van der Waals surface area contributed by atoms with Gasteiger partial charge < -0.3 is 4.57 Å². The van der Waals surface area contributed by atoms with E-state index in [1.807, 2.05) is 18.5 Å². The molecular weight excluding hydrogens is 260 g/mol. The van der Waals surface area contributed by atoms with Crippen LogP contribution in [0.4, 0.5) is 0 Å². The molecule has 4 heteroatoms. The lowest BCUT2D eigenvalue weighted by Gasteiger charge is -2.22. The van der Waals surface area contributed by atoms with E-state index in [1.165, 1.54) is 31.2 Å². The Labute approximate surface area is 127 Å².